The fraction of sp³-hybridized carbons (Fsp3) is 0.565. The second kappa shape index (κ2) is 14.7. The lowest BCUT2D eigenvalue weighted by atomic mass is 10.1. The van der Waals surface area contributed by atoms with Gasteiger partial charge in [-0.3, -0.25) is 9.48 Å². The minimum Gasteiger partial charge on any atom is -0.378 e. The van der Waals surface area contributed by atoms with E-state index in [0.29, 0.717) is 51.7 Å². The molecule has 0 aliphatic carbocycles. The molecule has 0 bridgehead atoms. The summed E-state index contributed by atoms with van der Waals surface area (Å²) in [6.45, 7) is 8.77. The lowest BCUT2D eigenvalue weighted by Crippen LogP contribution is -2.27. The minimum atomic E-state index is -0.106. The maximum absolute atomic E-state index is 12.3. The molecular weight excluding hydrogens is 396 g/mol. The number of hydrogen-bond acceptors (Lipinski definition) is 6. The first-order valence-electron chi connectivity index (χ1n) is 10.9. The Morgan fingerprint density at radius 1 is 1.00 bits per heavy atom. The molecule has 1 aromatic heterocycles. The number of hydrogen-bond donors (Lipinski definition) is 2. The van der Waals surface area contributed by atoms with Gasteiger partial charge in [-0.2, -0.15) is 5.10 Å². The van der Waals surface area contributed by atoms with Crippen LogP contribution < -0.4 is 10.6 Å². The zero-order valence-corrected chi connectivity index (χ0v) is 18.9. The summed E-state index contributed by atoms with van der Waals surface area (Å²) in [4.78, 5) is 12.3. The molecule has 1 amide bonds. The van der Waals surface area contributed by atoms with Gasteiger partial charge < -0.3 is 24.8 Å². The maximum Gasteiger partial charge on any atom is 0.251 e. The fourth-order valence-corrected chi connectivity index (χ4v) is 2.89. The number of carbonyl (C=O) groups excluding carboxylic acids is 1. The summed E-state index contributed by atoms with van der Waals surface area (Å²) in [5.41, 5.74) is 2.95. The predicted molar refractivity (Wildman–Crippen MR) is 121 cm³/mol. The summed E-state index contributed by atoms with van der Waals surface area (Å²) < 4.78 is 18.2. The van der Waals surface area contributed by atoms with E-state index in [0.717, 1.165) is 18.5 Å². The minimum absolute atomic E-state index is 0.106. The Morgan fingerprint density at radius 2 is 1.61 bits per heavy atom. The molecule has 8 heteroatoms. The molecule has 1 heterocycles. The van der Waals surface area contributed by atoms with Crippen molar-refractivity contribution in [3.63, 3.8) is 0 Å². The molecule has 2 N–H and O–H groups in total. The highest BCUT2D eigenvalue weighted by molar-refractivity contribution is 5.94. The third-order valence-electron chi connectivity index (χ3n) is 4.89. The quantitative estimate of drug-likeness (QED) is 0.395. The van der Waals surface area contributed by atoms with Crippen molar-refractivity contribution < 1.29 is 19.0 Å². The van der Waals surface area contributed by atoms with Crippen molar-refractivity contribution in [1.29, 1.82) is 0 Å². The molecule has 0 aliphatic heterocycles. The molecule has 0 radical (unpaired) electrons. The summed E-state index contributed by atoms with van der Waals surface area (Å²) in [7, 11) is 1.89. The monoisotopic (exact) mass is 432 g/mol. The highest BCUT2D eigenvalue weighted by Gasteiger charge is 2.11. The second-order valence-corrected chi connectivity index (χ2v) is 7.18. The van der Waals surface area contributed by atoms with E-state index in [1.165, 1.54) is 5.56 Å². The smallest absolute Gasteiger partial charge is 0.251 e. The molecule has 2 rings (SSSR count). The van der Waals surface area contributed by atoms with E-state index in [1.807, 2.05) is 42.2 Å². The van der Waals surface area contributed by atoms with Gasteiger partial charge in [-0.1, -0.05) is 19.1 Å². The molecule has 31 heavy (non-hydrogen) atoms. The van der Waals surface area contributed by atoms with E-state index in [1.54, 1.807) is 0 Å². The van der Waals surface area contributed by atoms with Crippen molar-refractivity contribution in [1.82, 2.24) is 20.4 Å². The van der Waals surface area contributed by atoms with E-state index < -0.39 is 0 Å². The highest BCUT2D eigenvalue weighted by Crippen LogP contribution is 2.18. The van der Waals surface area contributed by atoms with Gasteiger partial charge in [0, 0.05) is 24.8 Å². The van der Waals surface area contributed by atoms with Gasteiger partial charge in [0.1, 0.15) is 0 Å². The van der Waals surface area contributed by atoms with Crippen molar-refractivity contribution in [2.75, 3.05) is 59.8 Å². The summed E-state index contributed by atoms with van der Waals surface area (Å²) in [5.74, 6) is -0.106. The van der Waals surface area contributed by atoms with Gasteiger partial charge in [0.2, 0.25) is 0 Å². The number of likely N-dealkylation sites (N-methyl/N-ethyl adjacent to an activating group) is 1. The lowest BCUT2D eigenvalue weighted by Gasteiger charge is -2.13. The number of ether oxygens (including phenoxy) is 3. The topological polar surface area (TPSA) is 86.6 Å². The van der Waals surface area contributed by atoms with Crippen molar-refractivity contribution in [3.8, 4) is 0 Å². The molecular formula is C23H36N4O4. The van der Waals surface area contributed by atoms with Crippen molar-refractivity contribution in [3.05, 3.63) is 53.3 Å². The van der Waals surface area contributed by atoms with Crippen molar-refractivity contribution in [2.24, 2.45) is 0 Å². The van der Waals surface area contributed by atoms with Gasteiger partial charge in [-0.15, -0.1) is 0 Å². The number of rotatable bonds is 16. The average molecular weight is 433 g/mol. The summed E-state index contributed by atoms with van der Waals surface area (Å²) in [5, 5.41) is 10.3. The Hall–Kier alpha value is -2.26. The van der Waals surface area contributed by atoms with Gasteiger partial charge >= 0.3 is 0 Å². The second-order valence-electron chi connectivity index (χ2n) is 7.18. The largest absolute Gasteiger partial charge is 0.378 e. The van der Waals surface area contributed by atoms with E-state index in [-0.39, 0.29) is 11.9 Å². The zero-order valence-electron chi connectivity index (χ0n) is 18.9. The predicted octanol–water partition coefficient (Wildman–Crippen LogP) is 2.05. The maximum atomic E-state index is 12.3. The molecule has 1 aromatic carbocycles. The van der Waals surface area contributed by atoms with Crippen LogP contribution in [0.5, 0.6) is 0 Å². The molecule has 0 fully saturated rings. The molecule has 0 saturated heterocycles. The van der Waals surface area contributed by atoms with Crippen molar-refractivity contribution >= 4 is 5.91 Å². The van der Waals surface area contributed by atoms with E-state index in [4.69, 9.17) is 14.2 Å². The van der Waals surface area contributed by atoms with Crippen molar-refractivity contribution in [2.45, 2.75) is 26.3 Å². The number of amides is 1. The van der Waals surface area contributed by atoms with Gasteiger partial charge in [-0.05, 0) is 43.7 Å². The van der Waals surface area contributed by atoms with Crippen LogP contribution in [0.25, 0.3) is 0 Å². The highest BCUT2D eigenvalue weighted by atomic mass is 16.5. The normalized spacial score (nSPS) is 12.1. The standard InChI is InChI=1S/C23H36N4O4/c1-4-20-17-26-27(18-20)19(2)21-5-7-22(8-6-21)23(28)25-10-12-30-14-16-31-15-13-29-11-9-24-3/h5-8,17-19,24H,4,9-16H2,1-3H3,(H,25,28). The molecule has 8 nitrogen and oxygen atoms in total. The number of aromatic nitrogens is 2. The molecule has 0 aliphatic rings. The van der Waals surface area contributed by atoms with E-state index >= 15 is 0 Å². The molecule has 1 unspecified atom stereocenters. The Bertz CT molecular complexity index is 748. The summed E-state index contributed by atoms with van der Waals surface area (Å²) in [6.07, 6.45) is 4.93. The van der Waals surface area contributed by atoms with E-state index in [2.05, 4.69) is 35.8 Å². The zero-order chi connectivity index (χ0) is 22.3. The third-order valence-corrected chi connectivity index (χ3v) is 4.89. The summed E-state index contributed by atoms with van der Waals surface area (Å²) >= 11 is 0. The van der Waals surface area contributed by atoms with Crippen LogP contribution in [0.1, 0.15) is 41.4 Å². The van der Waals surface area contributed by atoms with Crippen LogP contribution in [0.2, 0.25) is 0 Å². The third kappa shape index (κ3) is 9.18. The van der Waals surface area contributed by atoms with Gasteiger partial charge in [0.15, 0.2) is 0 Å². The Balaban J connectivity index is 1.58. The number of carbonyl (C=O) groups is 1. The van der Waals surface area contributed by atoms with Crippen LogP contribution in [-0.4, -0.2) is 75.5 Å². The van der Waals surface area contributed by atoms with Gasteiger partial charge in [0.05, 0.1) is 51.9 Å². The molecule has 2 aromatic rings. The SMILES string of the molecule is CCc1cnn(C(C)c2ccc(C(=O)NCCOCCOCCOCCNC)cc2)c1. The lowest BCUT2D eigenvalue weighted by molar-refractivity contribution is 0.0159. The Labute approximate surface area is 185 Å². The number of benzene rings is 1. The first kappa shape index (κ1) is 25.0. The van der Waals surface area contributed by atoms with E-state index in [9.17, 15) is 4.79 Å². The van der Waals surface area contributed by atoms with Crippen LogP contribution in [-0.2, 0) is 20.6 Å². The van der Waals surface area contributed by atoms with Crippen LogP contribution in [0.3, 0.4) is 0 Å². The number of nitrogens with zero attached hydrogens (tertiary/aromatic N) is 2. The van der Waals surface area contributed by atoms with Crippen LogP contribution in [0.4, 0.5) is 0 Å². The molecule has 0 spiro atoms. The van der Waals surface area contributed by atoms with Crippen LogP contribution in [0.15, 0.2) is 36.7 Å². The first-order chi connectivity index (χ1) is 15.2. The molecule has 0 saturated carbocycles. The summed E-state index contributed by atoms with van der Waals surface area (Å²) in [6, 6.07) is 7.76. The Kier molecular flexibility index (Phi) is 11.9. The van der Waals surface area contributed by atoms with Gasteiger partial charge in [-0.25, -0.2) is 0 Å². The van der Waals surface area contributed by atoms with Gasteiger partial charge in [0.25, 0.3) is 5.91 Å². The van der Waals surface area contributed by atoms with Crippen LogP contribution >= 0.6 is 0 Å². The van der Waals surface area contributed by atoms with Crippen LogP contribution in [0, 0.1) is 0 Å². The molecule has 1 atom stereocenters. The fourth-order valence-electron chi connectivity index (χ4n) is 2.89. The Morgan fingerprint density at radius 3 is 2.19 bits per heavy atom. The number of aryl methyl sites for hydroxylation is 1. The average Bonchev–Trinajstić information content (AvgIpc) is 3.28. The first-order valence-corrected chi connectivity index (χ1v) is 10.9. The number of nitrogens with one attached hydrogen (secondary N) is 2. The molecule has 172 valence electrons.